The lowest BCUT2D eigenvalue weighted by Gasteiger charge is -2.05. The normalized spacial score (nSPS) is 11.3. The Morgan fingerprint density at radius 2 is 1.93 bits per heavy atom. The standard InChI is InChI=1S/C17H11Cl2N3O5S2/c1-29(26,27)12-5-9(4-11(7-12)22(24)25)16(23)21-17-20-15(8-28-17)13-6-10(18)2-3-14(13)19/h2-8H,1H3,(H,20,21,23). The second-order valence-corrected chi connectivity index (χ2v) is 9.58. The smallest absolute Gasteiger partial charge is 0.271 e. The number of nitro groups is 1. The molecule has 2 aromatic carbocycles. The van der Waals surface area contributed by atoms with E-state index in [0.717, 1.165) is 35.8 Å². The number of aromatic nitrogens is 1. The van der Waals surface area contributed by atoms with Crippen molar-refractivity contribution in [3.05, 3.63) is 67.5 Å². The Labute approximate surface area is 179 Å². The number of nitrogens with one attached hydrogen (secondary N) is 1. The van der Waals surface area contributed by atoms with Crippen molar-refractivity contribution in [2.45, 2.75) is 4.90 Å². The zero-order valence-corrected chi connectivity index (χ0v) is 17.7. The lowest BCUT2D eigenvalue weighted by molar-refractivity contribution is -0.385. The van der Waals surface area contributed by atoms with Gasteiger partial charge in [0.15, 0.2) is 15.0 Å². The summed E-state index contributed by atoms with van der Waals surface area (Å²) in [5.74, 6) is -0.739. The number of nitrogens with zero attached hydrogens (tertiary/aromatic N) is 2. The number of anilines is 1. The van der Waals surface area contributed by atoms with Gasteiger partial charge in [-0.1, -0.05) is 23.2 Å². The summed E-state index contributed by atoms with van der Waals surface area (Å²) in [5, 5.41) is 16.3. The van der Waals surface area contributed by atoms with E-state index < -0.39 is 26.4 Å². The number of carbonyl (C=O) groups is 1. The molecular formula is C17H11Cl2N3O5S2. The van der Waals surface area contributed by atoms with Crippen LogP contribution in [0.15, 0.2) is 46.7 Å². The SMILES string of the molecule is CS(=O)(=O)c1cc(C(=O)Nc2nc(-c3cc(Cl)ccc3Cl)cs2)cc([N+](=O)[O-])c1. The highest BCUT2D eigenvalue weighted by Crippen LogP contribution is 2.33. The number of amides is 1. The molecule has 0 spiro atoms. The number of carbonyl (C=O) groups excluding carboxylic acids is 1. The number of nitro benzene ring substituents is 1. The molecule has 0 saturated carbocycles. The molecule has 8 nitrogen and oxygen atoms in total. The van der Waals surface area contributed by atoms with Crippen molar-refractivity contribution in [1.29, 1.82) is 0 Å². The molecule has 0 aliphatic heterocycles. The Morgan fingerprint density at radius 1 is 1.21 bits per heavy atom. The first kappa shape index (κ1) is 21.2. The predicted octanol–water partition coefficient (Wildman–Crippen LogP) is 4.68. The number of hydrogen-bond donors (Lipinski definition) is 1. The Kier molecular flexibility index (Phi) is 5.90. The van der Waals surface area contributed by atoms with Crippen molar-refractivity contribution in [1.82, 2.24) is 4.98 Å². The summed E-state index contributed by atoms with van der Waals surface area (Å²) in [6.45, 7) is 0. The summed E-state index contributed by atoms with van der Waals surface area (Å²) in [4.78, 5) is 26.8. The summed E-state index contributed by atoms with van der Waals surface area (Å²) >= 11 is 13.2. The van der Waals surface area contributed by atoms with E-state index in [9.17, 15) is 23.3 Å². The molecule has 3 aromatic rings. The number of rotatable bonds is 5. The van der Waals surface area contributed by atoms with Crippen LogP contribution in [0, 0.1) is 10.1 Å². The van der Waals surface area contributed by atoms with Gasteiger partial charge in [-0.3, -0.25) is 20.2 Å². The summed E-state index contributed by atoms with van der Waals surface area (Å²) < 4.78 is 23.5. The maximum absolute atomic E-state index is 12.5. The highest BCUT2D eigenvalue weighted by molar-refractivity contribution is 7.90. The molecule has 0 saturated heterocycles. The molecule has 0 bridgehead atoms. The van der Waals surface area contributed by atoms with Crippen molar-refractivity contribution < 1.29 is 18.1 Å². The van der Waals surface area contributed by atoms with Gasteiger partial charge >= 0.3 is 0 Å². The van der Waals surface area contributed by atoms with Crippen LogP contribution < -0.4 is 5.32 Å². The number of benzene rings is 2. The van der Waals surface area contributed by atoms with Crippen molar-refractivity contribution in [3.63, 3.8) is 0 Å². The third kappa shape index (κ3) is 4.91. The summed E-state index contributed by atoms with van der Waals surface area (Å²) in [6, 6.07) is 7.83. The largest absolute Gasteiger partial charge is 0.298 e. The quantitative estimate of drug-likeness (QED) is 0.425. The van der Waals surface area contributed by atoms with Crippen LogP contribution in [-0.4, -0.2) is 30.5 Å². The maximum atomic E-state index is 12.5. The van der Waals surface area contributed by atoms with Gasteiger partial charge in [-0.25, -0.2) is 13.4 Å². The third-order valence-corrected chi connectivity index (χ3v) is 6.14. The van der Waals surface area contributed by atoms with Crippen LogP contribution >= 0.6 is 34.5 Å². The molecule has 0 aliphatic rings. The Hall–Kier alpha value is -2.53. The fourth-order valence-corrected chi connectivity index (χ4v) is 4.12. The van der Waals surface area contributed by atoms with Gasteiger partial charge in [0.25, 0.3) is 11.6 Å². The van der Waals surface area contributed by atoms with Crippen LogP contribution in [0.2, 0.25) is 10.0 Å². The molecule has 1 heterocycles. The number of sulfone groups is 1. The Bertz CT molecular complexity index is 1240. The Morgan fingerprint density at radius 3 is 2.59 bits per heavy atom. The summed E-state index contributed by atoms with van der Waals surface area (Å²) in [6.07, 6.45) is 0.898. The van der Waals surface area contributed by atoms with Crippen LogP contribution in [0.25, 0.3) is 11.3 Å². The van der Waals surface area contributed by atoms with Crippen LogP contribution in [0.5, 0.6) is 0 Å². The number of non-ortho nitro benzene ring substituents is 1. The maximum Gasteiger partial charge on any atom is 0.271 e. The van der Waals surface area contributed by atoms with Crippen molar-refractivity contribution in [2.24, 2.45) is 0 Å². The van der Waals surface area contributed by atoms with Gasteiger partial charge in [0, 0.05) is 39.9 Å². The molecule has 0 radical (unpaired) electrons. The lowest BCUT2D eigenvalue weighted by atomic mass is 10.2. The number of thiazole rings is 1. The van der Waals surface area contributed by atoms with Gasteiger partial charge in [-0.15, -0.1) is 11.3 Å². The topological polar surface area (TPSA) is 119 Å². The van der Waals surface area contributed by atoms with Crippen molar-refractivity contribution >= 4 is 61.1 Å². The van der Waals surface area contributed by atoms with Crippen molar-refractivity contribution in [3.8, 4) is 11.3 Å². The first-order chi connectivity index (χ1) is 13.5. The highest BCUT2D eigenvalue weighted by atomic mass is 35.5. The van der Waals surface area contributed by atoms with E-state index in [4.69, 9.17) is 23.2 Å². The van der Waals surface area contributed by atoms with E-state index >= 15 is 0 Å². The molecule has 0 atom stereocenters. The van der Waals surface area contributed by atoms with Crippen LogP contribution in [-0.2, 0) is 9.84 Å². The van der Waals surface area contributed by atoms with Gasteiger partial charge in [0.2, 0.25) is 0 Å². The summed E-state index contributed by atoms with van der Waals surface area (Å²) in [7, 11) is -3.75. The zero-order valence-electron chi connectivity index (χ0n) is 14.5. The summed E-state index contributed by atoms with van der Waals surface area (Å²) in [5.41, 5.74) is 0.361. The van der Waals surface area contributed by atoms with E-state index in [1.807, 2.05) is 0 Å². The Balaban J connectivity index is 1.91. The molecular weight excluding hydrogens is 461 g/mol. The number of halogens is 2. The highest BCUT2D eigenvalue weighted by Gasteiger charge is 2.20. The van der Waals surface area contributed by atoms with Crippen LogP contribution in [0.1, 0.15) is 10.4 Å². The van der Waals surface area contributed by atoms with E-state index in [0.29, 0.717) is 21.3 Å². The molecule has 29 heavy (non-hydrogen) atoms. The average molecular weight is 472 g/mol. The molecule has 0 unspecified atom stereocenters. The van der Waals surface area contributed by atoms with Gasteiger partial charge < -0.3 is 0 Å². The fourth-order valence-electron chi connectivity index (χ4n) is 2.35. The lowest BCUT2D eigenvalue weighted by Crippen LogP contribution is -2.13. The van der Waals surface area contributed by atoms with E-state index in [1.54, 1.807) is 23.6 Å². The van der Waals surface area contributed by atoms with Gasteiger partial charge in [-0.2, -0.15) is 0 Å². The average Bonchev–Trinajstić information content (AvgIpc) is 3.10. The van der Waals surface area contributed by atoms with E-state index in [1.165, 1.54) is 0 Å². The molecule has 1 aromatic heterocycles. The van der Waals surface area contributed by atoms with Crippen LogP contribution in [0.4, 0.5) is 10.8 Å². The first-order valence-electron chi connectivity index (χ1n) is 7.76. The molecule has 1 amide bonds. The van der Waals surface area contributed by atoms with E-state index in [-0.39, 0.29) is 15.6 Å². The van der Waals surface area contributed by atoms with E-state index in [2.05, 4.69) is 10.3 Å². The second-order valence-electron chi connectivity index (χ2n) is 5.86. The second kappa shape index (κ2) is 8.07. The molecule has 1 N–H and O–H groups in total. The zero-order chi connectivity index (χ0) is 21.3. The van der Waals surface area contributed by atoms with Gasteiger partial charge in [-0.05, 0) is 24.3 Å². The molecule has 12 heteroatoms. The number of hydrogen-bond acceptors (Lipinski definition) is 7. The molecule has 150 valence electrons. The fraction of sp³-hybridized carbons (Fsp3) is 0.0588. The minimum Gasteiger partial charge on any atom is -0.298 e. The van der Waals surface area contributed by atoms with Crippen LogP contribution in [0.3, 0.4) is 0 Å². The molecule has 0 fully saturated rings. The molecule has 0 aliphatic carbocycles. The minimum atomic E-state index is -3.75. The predicted molar refractivity (Wildman–Crippen MR) is 112 cm³/mol. The van der Waals surface area contributed by atoms with Gasteiger partial charge in [0.05, 0.1) is 20.5 Å². The third-order valence-electron chi connectivity index (χ3n) is 3.72. The van der Waals surface area contributed by atoms with Gasteiger partial charge in [0.1, 0.15) is 0 Å². The minimum absolute atomic E-state index is 0.183. The van der Waals surface area contributed by atoms with Crippen molar-refractivity contribution in [2.75, 3.05) is 11.6 Å². The first-order valence-corrected chi connectivity index (χ1v) is 11.3. The molecule has 3 rings (SSSR count). The monoisotopic (exact) mass is 471 g/mol.